The normalized spacial score (nSPS) is 11.2. The number of benzene rings is 3. The van der Waals surface area contributed by atoms with Gasteiger partial charge in [0.05, 0.1) is 23.1 Å². The molecular formula is C24H16F3N5O. The predicted octanol–water partition coefficient (Wildman–Crippen LogP) is 5.66. The maximum Gasteiger partial charge on any atom is 0.187 e. The van der Waals surface area contributed by atoms with Crippen molar-refractivity contribution in [2.24, 2.45) is 0 Å². The Kier molecular flexibility index (Phi) is 4.93. The summed E-state index contributed by atoms with van der Waals surface area (Å²) >= 11 is 0. The lowest BCUT2D eigenvalue weighted by atomic mass is 10.1. The highest BCUT2D eigenvalue weighted by Crippen LogP contribution is 2.29. The zero-order valence-electron chi connectivity index (χ0n) is 17.2. The number of phenolic OH excluding ortho intramolecular Hbond substituents is 1. The highest BCUT2D eigenvalue weighted by atomic mass is 19.1. The Morgan fingerprint density at radius 1 is 0.909 bits per heavy atom. The summed E-state index contributed by atoms with van der Waals surface area (Å²) in [6, 6.07) is 15.8. The Hall–Kier alpha value is -4.40. The number of hydrogen-bond donors (Lipinski definition) is 2. The van der Waals surface area contributed by atoms with Crippen LogP contribution in [0.25, 0.3) is 28.0 Å². The second kappa shape index (κ2) is 7.94. The Labute approximate surface area is 186 Å². The maximum absolute atomic E-state index is 13.8. The molecule has 0 atom stereocenters. The fraction of sp³-hybridized carbons (Fsp3) is 0.0417. The van der Waals surface area contributed by atoms with E-state index >= 15 is 0 Å². The molecule has 0 saturated heterocycles. The van der Waals surface area contributed by atoms with E-state index in [1.54, 1.807) is 6.07 Å². The third kappa shape index (κ3) is 3.96. The van der Waals surface area contributed by atoms with Gasteiger partial charge in [0.25, 0.3) is 0 Å². The van der Waals surface area contributed by atoms with Crippen molar-refractivity contribution in [3.05, 3.63) is 89.9 Å². The van der Waals surface area contributed by atoms with Gasteiger partial charge in [0.15, 0.2) is 17.4 Å². The maximum atomic E-state index is 13.8. The van der Waals surface area contributed by atoms with E-state index < -0.39 is 17.4 Å². The topological polar surface area (TPSA) is 75.9 Å². The van der Waals surface area contributed by atoms with Crippen LogP contribution in [0, 0.1) is 24.4 Å². The SMILES string of the molecule is Cc1cc(F)cc(Nc2cccc3nc(-c4cn(-c5cc(F)c(O)c(F)c5)nn4)ccc23)c1. The van der Waals surface area contributed by atoms with Crippen molar-refractivity contribution < 1.29 is 18.3 Å². The fourth-order valence-corrected chi connectivity index (χ4v) is 3.56. The number of aromatic hydroxyl groups is 1. The van der Waals surface area contributed by atoms with Gasteiger partial charge in [0.2, 0.25) is 0 Å². The van der Waals surface area contributed by atoms with Crippen molar-refractivity contribution in [1.82, 2.24) is 20.0 Å². The van der Waals surface area contributed by atoms with Crippen LogP contribution in [0.3, 0.4) is 0 Å². The van der Waals surface area contributed by atoms with Crippen molar-refractivity contribution in [3.8, 4) is 22.8 Å². The van der Waals surface area contributed by atoms with Crippen LogP contribution in [0.5, 0.6) is 5.75 Å². The summed E-state index contributed by atoms with van der Waals surface area (Å²) in [5.74, 6) is -3.57. The van der Waals surface area contributed by atoms with Crippen LogP contribution in [-0.2, 0) is 0 Å². The van der Waals surface area contributed by atoms with E-state index in [1.165, 1.54) is 23.0 Å². The van der Waals surface area contributed by atoms with Crippen LogP contribution < -0.4 is 5.32 Å². The first-order valence-electron chi connectivity index (χ1n) is 9.92. The molecule has 5 aromatic rings. The van der Waals surface area contributed by atoms with Gasteiger partial charge in [0.1, 0.15) is 11.5 Å². The molecule has 0 aliphatic heterocycles. The number of nitrogens with zero attached hydrogens (tertiary/aromatic N) is 4. The van der Waals surface area contributed by atoms with E-state index in [9.17, 15) is 18.3 Å². The molecular weight excluding hydrogens is 431 g/mol. The molecule has 0 radical (unpaired) electrons. The number of phenols is 1. The Balaban J connectivity index is 1.48. The second-order valence-electron chi connectivity index (χ2n) is 7.52. The van der Waals surface area contributed by atoms with Gasteiger partial charge < -0.3 is 10.4 Å². The number of anilines is 2. The molecule has 0 bridgehead atoms. The molecule has 3 aromatic carbocycles. The molecule has 9 heteroatoms. The number of pyridine rings is 1. The molecule has 5 rings (SSSR count). The summed E-state index contributed by atoms with van der Waals surface area (Å²) < 4.78 is 42.3. The molecule has 0 unspecified atom stereocenters. The van der Waals surface area contributed by atoms with E-state index in [-0.39, 0.29) is 11.5 Å². The molecule has 0 aliphatic rings. The van der Waals surface area contributed by atoms with Crippen LogP contribution in [-0.4, -0.2) is 25.1 Å². The summed E-state index contributed by atoms with van der Waals surface area (Å²) in [6.45, 7) is 1.82. The lowest BCUT2D eigenvalue weighted by Gasteiger charge is -2.11. The van der Waals surface area contributed by atoms with Crippen LogP contribution in [0.1, 0.15) is 5.56 Å². The number of aromatic nitrogens is 4. The molecule has 33 heavy (non-hydrogen) atoms. The Morgan fingerprint density at radius 3 is 2.45 bits per heavy atom. The van der Waals surface area contributed by atoms with E-state index in [4.69, 9.17) is 0 Å². The minimum Gasteiger partial charge on any atom is -0.503 e. The van der Waals surface area contributed by atoms with Gasteiger partial charge in [-0.05, 0) is 55.0 Å². The average molecular weight is 447 g/mol. The van der Waals surface area contributed by atoms with Gasteiger partial charge >= 0.3 is 0 Å². The molecule has 0 amide bonds. The molecule has 2 N–H and O–H groups in total. The third-order valence-corrected chi connectivity index (χ3v) is 5.08. The van der Waals surface area contributed by atoms with E-state index in [0.717, 1.165) is 28.8 Å². The second-order valence-corrected chi connectivity index (χ2v) is 7.52. The van der Waals surface area contributed by atoms with Gasteiger partial charge in [-0.3, -0.25) is 0 Å². The number of halogens is 3. The Bertz CT molecular complexity index is 1470. The quantitative estimate of drug-likeness (QED) is 0.372. The van der Waals surface area contributed by atoms with Gasteiger partial charge in [-0.15, -0.1) is 5.10 Å². The Morgan fingerprint density at radius 2 is 1.70 bits per heavy atom. The lowest BCUT2D eigenvalue weighted by Crippen LogP contribution is -1.97. The van der Waals surface area contributed by atoms with Crippen LogP contribution in [0.15, 0.2) is 66.9 Å². The first kappa shape index (κ1) is 20.5. The molecule has 0 fully saturated rings. The summed E-state index contributed by atoms with van der Waals surface area (Å²) in [6.07, 6.45) is 1.48. The van der Waals surface area contributed by atoms with Crippen LogP contribution >= 0.6 is 0 Å². The predicted molar refractivity (Wildman–Crippen MR) is 118 cm³/mol. The highest BCUT2D eigenvalue weighted by Gasteiger charge is 2.14. The minimum atomic E-state index is -1.10. The standard InChI is InChI=1S/C24H16F3N5O/c1-13-7-14(25)9-15(8-13)28-20-3-2-4-21-17(20)5-6-22(29-21)23-12-32(31-30-23)16-10-18(26)24(33)19(27)11-16/h2-12,28,33H,1H3. The first-order valence-corrected chi connectivity index (χ1v) is 9.92. The zero-order chi connectivity index (χ0) is 23.1. The summed E-state index contributed by atoms with van der Waals surface area (Å²) in [5.41, 5.74) is 3.82. The summed E-state index contributed by atoms with van der Waals surface area (Å²) in [5, 5.41) is 21.3. The number of fused-ring (bicyclic) bond motifs is 1. The van der Waals surface area contributed by atoms with Crippen LogP contribution in [0.4, 0.5) is 24.5 Å². The van der Waals surface area contributed by atoms with Crippen molar-refractivity contribution in [1.29, 1.82) is 0 Å². The molecule has 0 aliphatic carbocycles. The number of aryl methyl sites for hydroxylation is 1. The van der Waals surface area contributed by atoms with E-state index in [2.05, 4.69) is 20.6 Å². The van der Waals surface area contributed by atoms with Gasteiger partial charge in [-0.2, -0.15) is 0 Å². The molecule has 2 heterocycles. The average Bonchev–Trinajstić information content (AvgIpc) is 3.27. The molecule has 0 spiro atoms. The number of nitrogens with one attached hydrogen (secondary N) is 1. The fourth-order valence-electron chi connectivity index (χ4n) is 3.56. The third-order valence-electron chi connectivity index (χ3n) is 5.08. The monoisotopic (exact) mass is 447 g/mol. The summed E-state index contributed by atoms with van der Waals surface area (Å²) in [7, 11) is 0. The summed E-state index contributed by atoms with van der Waals surface area (Å²) in [4.78, 5) is 4.62. The number of hydrogen-bond acceptors (Lipinski definition) is 5. The van der Waals surface area contributed by atoms with Gasteiger partial charge in [-0.25, -0.2) is 22.8 Å². The molecule has 0 saturated carbocycles. The highest BCUT2D eigenvalue weighted by molar-refractivity contribution is 5.94. The van der Waals surface area contributed by atoms with Gasteiger partial charge in [0, 0.05) is 28.9 Å². The van der Waals surface area contributed by atoms with Crippen LogP contribution in [0.2, 0.25) is 0 Å². The van der Waals surface area contributed by atoms with E-state index in [1.807, 2.05) is 37.3 Å². The van der Waals surface area contributed by atoms with Crippen molar-refractivity contribution in [2.75, 3.05) is 5.32 Å². The van der Waals surface area contributed by atoms with Crippen molar-refractivity contribution >= 4 is 22.3 Å². The van der Waals surface area contributed by atoms with Crippen molar-refractivity contribution in [2.45, 2.75) is 6.92 Å². The lowest BCUT2D eigenvalue weighted by molar-refractivity contribution is 0.395. The van der Waals surface area contributed by atoms with Crippen molar-refractivity contribution in [3.63, 3.8) is 0 Å². The smallest absolute Gasteiger partial charge is 0.187 e. The first-order chi connectivity index (χ1) is 15.9. The van der Waals surface area contributed by atoms with E-state index in [0.29, 0.717) is 22.6 Å². The zero-order valence-corrected chi connectivity index (χ0v) is 17.2. The molecule has 164 valence electrons. The molecule has 2 aromatic heterocycles. The molecule has 6 nitrogen and oxygen atoms in total. The minimum absolute atomic E-state index is 0.0687. The number of rotatable bonds is 4. The largest absolute Gasteiger partial charge is 0.503 e. The van der Waals surface area contributed by atoms with Gasteiger partial charge in [-0.1, -0.05) is 11.3 Å².